The summed E-state index contributed by atoms with van der Waals surface area (Å²) in [6, 6.07) is 11.7. The molecule has 0 aliphatic carbocycles. The van der Waals surface area contributed by atoms with E-state index in [0.717, 1.165) is 11.1 Å². The van der Waals surface area contributed by atoms with Gasteiger partial charge in [-0.1, -0.05) is 25.1 Å². The van der Waals surface area contributed by atoms with E-state index in [9.17, 15) is 14.4 Å². The summed E-state index contributed by atoms with van der Waals surface area (Å²) in [5.74, 6) is -0.484. The van der Waals surface area contributed by atoms with E-state index in [-0.39, 0.29) is 36.4 Å². The topological polar surface area (TPSA) is 99.5 Å². The molecule has 1 aromatic carbocycles. The van der Waals surface area contributed by atoms with E-state index in [1.165, 1.54) is 12.1 Å². The zero-order valence-electron chi connectivity index (χ0n) is 15.4. The summed E-state index contributed by atoms with van der Waals surface area (Å²) < 4.78 is 11.6. The Labute approximate surface area is 157 Å². The summed E-state index contributed by atoms with van der Waals surface area (Å²) in [5, 5.41) is 6.67. The number of nitrogens with one attached hydrogen (secondary N) is 1. The second kappa shape index (κ2) is 10.1. The maximum absolute atomic E-state index is 12.1. The molecular weight excluding hydrogens is 350 g/mol. The van der Waals surface area contributed by atoms with Crippen molar-refractivity contribution in [2.24, 2.45) is 0 Å². The molecule has 0 spiro atoms. The van der Waals surface area contributed by atoms with Crippen molar-refractivity contribution in [2.45, 2.75) is 32.9 Å². The van der Waals surface area contributed by atoms with Crippen LogP contribution in [-0.2, 0) is 16.1 Å². The number of nitrogens with zero attached hydrogens (tertiary/aromatic N) is 2. The molecule has 2 aromatic rings. The van der Waals surface area contributed by atoms with Gasteiger partial charge in [-0.05, 0) is 31.5 Å². The van der Waals surface area contributed by atoms with E-state index >= 15 is 0 Å². The lowest BCUT2D eigenvalue weighted by molar-refractivity contribution is -0.124. The lowest BCUT2D eigenvalue weighted by Gasteiger charge is -2.11. The highest BCUT2D eigenvalue weighted by atomic mass is 16.5. The molecule has 144 valence electrons. The van der Waals surface area contributed by atoms with Gasteiger partial charge in [-0.3, -0.25) is 9.59 Å². The van der Waals surface area contributed by atoms with Crippen molar-refractivity contribution in [3.63, 3.8) is 0 Å². The van der Waals surface area contributed by atoms with Crippen LogP contribution >= 0.6 is 0 Å². The second-order valence-electron chi connectivity index (χ2n) is 5.89. The summed E-state index contributed by atoms with van der Waals surface area (Å²) in [6.07, 6.45) is 0.775. The highest BCUT2D eigenvalue weighted by molar-refractivity contribution is 5.89. The van der Waals surface area contributed by atoms with E-state index in [4.69, 9.17) is 9.47 Å². The molecule has 0 saturated heterocycles. The first-order valence-corrected chi connectivity index (χ1v) is 8.72. The van der Waals surface area contributed by atoms with Gasteiger partial charge in [0.1, 0.15) is 12.4 Å². The lowest BCUT2D eigenvalue weighted by atomic mass is 10.2. The maximum Gasteiger partial charge on any atom is 0.359 e. The first-order valence-electron chi connectivity index (χ1n) is 8.72. The smallest absolute Gasteiger partial charge is 0.359 e. The predicted octanol–water partition coefficient (Wildman–Crippen LogP) is 1.39. The summed E-state index contributed by atoms with van der Waals surface area (Å²) in [5.41, 5.74) is -0.414. The highest BCUT2D eigenvalue weighted by Crippen LogP contribution is 2.07. The zero-order valence-corrected chi connectivity index (χ0v) is 15.4. The van der Waals surface area contributed by atoms with E-state index in [1.807, 2.05) is 32.0 Å². The molecule has 1 aromatic heterocycles. The minimum absolute atomic E-state index is 0.000784. The number of hydrogen-bond acceptors (Lipinski definition) is 6. The fraction of sp³-hybridized carbons (Fsp3) is 0.368. The van der Waals surface area contributed by atoms with Gasteiger partial charge < -0.3 is 14.8 Å². The average Bonchev–Trinajstić information content (AvgIpc) is 2.68. The van der Waals surface area contributed by atoms with Crippen molar-refractivity contribution < 1.29 is 19.1 Å². The van der Waals surface area contributed by atoms with Crippen molar-refractivity contribution in [1.82, 2.24) is 15.1 Å². The van der Waals surface area contributed by atoms with Crippen LogP contribution in [0.3, 0.4) is 0 Å². The molecule has 0 aliphatic heterocycles. The molecule has 1 N–H and O–H groups in total. The van der Waals surface area contributed by atoms with Crippen LogP contribution in [0.25, 0.3) is 0 Å². The maximum atomic E-state index is 12.1. The Morgan fingerprint density at radius 3 is 2.63 bits per heavy atom. The minimum atomic E-state index is -0.771. The molecule has 2 rings (SSSR count). The van der Waals surface area contributed by atoms with Crippen LogP contribution in [0.2, 0.25) is 0 Å². The Morgan fingerprint density at radius 2 is 1.93 bits per heavy atom. The summed E-state index contributed by atoms with van der Waals surface area (Å²) in [7, 11) is 0. The SMILES string of the molecule is CCC(C)NC(=O)COC(=O)c1ccc(=O)n(CCOc2ccccc2)n1. The Kier molecular flexibility index (Phi) is 7.54. The van der Waals surface area contributed by atoms with Crippen LogP contribution < -0.4 is 15.6 Å². The molecule has 1 atom stereocenters. The van der Waals surface area contributed by atoms with Gasteiger partial charge in [-0.25, -0.2) is 9.48 Å². The number of hydrogen-bond donors (Lipinski definition) is 1. The van der Waals surface area contributed by atoms with E-state index in [1.54, 1.807) is 12.1 Å². The summed E-state index contributed by atoms with van der Waals surface area (Å²) >= 11 is 0. The third-order valence-corrected chi connectivity index (χ3v) is 3.74. The number of ether oxygens (including phenoxy) is 2. The predicted molar refractivity (Wildman–Crippen MR) is 98.6 cm³/mol. The average molecular weight is 373 g/mol. The Bertz CT molecular complexity index is 820. The monoisotopic (exact) mass is 373 g/mol. The lowest BCUT2D eigenvalue weighted by Crippen LogP contribution is -2.35. The Hall–Kier alpha value is -3.16. The van der Waals surface area contributed by atoms with Crippen molar-refractivity contribution in [1.29, 1.82) is 0 Å². The van der Waals surface area contributed by atoms with Crippen molar-refractivity contribution in [3.8, 4) is 5.75 Å². The number of rotatable bonds is 9. The molecule has 1 heterocycles. The standard InChI is InChI=1S/C19H23N3O5/c1-3-14(2)20-17(23)13-27-19(25)16-9-10-18(24)22(21-16)11-12-26-15-7-5-4-6-8-15/h4-10,14H,3,11-13H2,1-2H3,(H,20,23). The fourth-order valence-electron chi connectivity index (χ4n) is 2.11. The quantitative estimate of drug-likeness (QED) is 0.667. The Balaban J connectivity index is 1.90. The molecule has 0 radical (unpaired) electrons. The van der Waals surface area contributed by atoms with Crippen LogP contribution in [0.5, 0.6) is 5.75 Å². The van der Waals surface area contributed by atoms with E-state index < -0.39 is 12.6 Å². The van der Waals surface area contributed by atoms with Crippen LogP contribution in [0.1, 0.15) is 30.8 Å². The zero-order chi connectivity index (χ0) is 19.6. The molecule has 8 nitrogen and oxygen atoms in total. The van der Waals surface area contributed by atoms with Crippen LogP contribution in [0.15, 0.2) is 47.3 Å². The Morgan fingerprint density at radius 1 is 1.19 bits per heavy atom. The van der Waals surface area contributed by atoms with Crippen LogP contribution in [0.4, 0.5) is 0 Å². The number of carbonyl (C=O) groups is 2. The summed E-state index contributed by atoms with van der Waals surface area (Å²) in [6.45, 7) is 3.78. The van der Waals surface area contributed by atoms with Gasteiger partial charge in [0.05, 0.1) is 6.54 Å². The molecule has 0 bridgehead atoms. The molecule has 8 heteroatoms. The van der Waals surface area contributed by atoms with Gasteiger partial charge in [0.25, 0.3) is 11.5 Å². The number of carbonyl (C=O) groups excluding carboxylic acids is 2. The normalized spacial score (nSPS) is 11.5. The third kappa shape index (κ3) is 6.58. The van der Waals surface area contributed by atoms with Gasteiger partial charge in [0.15, 0.2) is 12.3 Å². The van der Waals surface area contributed by atoms with Crippen molar-refractivity contribution >= 4 is 11.9 Å². The first-order chi connectivity index (χ1) is 13.0. The van der Waals surface area contributed by atoms with Crippen LogP contribution in [0, 0.1) is 0 Å². The second-order valence-corrected chi connectivity index (χ2v) is 5.89. The van der Waals surface area contributed by atoms with Crippen LogP contribution in [-0.4, -0.2) is 40.9 Å². The van der Waals surface area contributed by atoms with Gasteiger partial charge in [0, 0.05) is 12.1 Å². The first kappa shape index (κ1) is 20.2. The minimum Gasteiger partial charge on any atom is -0.492 e. The molecule has 0 saturated carbocycles. The van der Waals surface area contributed by atoms with Gasteiger partial charge in [-0.2, -0.15) is 5.10 Å². The molecular formula is C19H23N3O5. The molecule has 1 unspecified atom stereocenters. The third-order valence-electron chi connectivity index (χ3n) is 3.74. The number of aromatic nitrogens is 2. The molecule has 0 aliphatic rings. The molecule has 27 heavy (non-hydrogen) atoms. The number of para-hydroxylation sites is 1. The summed E-state index contributed by atoms with van der Waals surface area (Å²) in [4.78, 5) is 35.6. The van der Waals surface area contributed by atoms with Crippen molar-refractivity contribution in [2.75, 3.05) is 13.2 Å². The molecule has 0 fully saturated rings. The highest BCUT2D eigenvalue weighted by Gasteiger charge is 2.14. The van der Waals surface area contributed by atoms with E-state index in [0.29, 0.717) is 5.75 Å². The van der Waals surface area contributed by atoms with E-state index in [2.05, 4.69) is 10.4 Å². The van der Waals surface area contributed by atoms with Gasteiger partial charge in [0.2, 0.25) is 0 Å². The fourth-order valence-corrected chi connectivity index (χ4v) is 2.11. The number of amides is 1. The number of benzene rings is 1. The van der Waals surface area contributed by atoms with Crippen molar-refractivity contribution in [3.05, 3.63) is 58.5 Å². The largest absolute Gasteiger partial charge is 0.492 e. The molecule has 1 amide bonds. The van der Waals surface area contributed by atoms with Gasteiger partial charge in [-0.15, -0.1) is 0 Å². The number of esters is 1. The van der Waals surface area contributed by atoms with Gasteiger partial charge >= 0.3 is 5.97 Å².